The number of amides is 1. The monoisotopic (exact) mass is 473 g/mol. The normalized spacial score (nSPS) is 13.0. The van der Waals surface area contributed by atoms with Gasteiger partial charge in [-0.05, 0) is 39.9 Å². The van der Waals surface area contributed by atoms with Gasteiger partial charge in [0.25, 0.3) is 0 Å². The lowest BCUT2D eigenvalue weighted by molar-refractivity contribution is -0.274. The van der Waals surface area contributed by atoms with Crippen molar-refractivity contribution in [2.75, 3.05) is 13.2 Å². The number of rotatable bonds is 6. The van der Waals surface area contributed by atoms with Gasteiger partial charge in [0.2, 0.25) is 0 Å². The minimum Gasteiger partial charge on any atom is -0.449 e. The van der Waals surface area contributed by atoms with E-state index in [1.807, 2.05) is 36.4 Å². The van der Waals surface area contributed by atoms with E-state index in [4.69, 9.17) is 16.3 Å². The van der Waals surface area contributed by atoms with Gasteiger partial charge >= 0.3 is 12.5 Å². The van der Waals surface area contributed by atoms with Crippen molar-refractivity contribution < 1.29 is 27.4 Å². The number of carbonyl (C=O) groups is 1. The smallest absolute Gasteiger partial charge is 0.449 e. The van der Waals surface area contributed by atoms with Crippen LogP contribution in [0.5, 0.6) is 5.75 Å². The number of ether oxygens (including phenoxy) is 2. The maximum atomic E-state index is 12.3. The molecular weight excluding hydrogens is 455 g/mol. The molecule has 8 heteroatoms. The molecule has 0 spiro atoms. The molecule has 1 amide bonds. The van der Waals surface area contributed by atoms with Gasteiger partial charge in [-0.15, -0.1) is 13.2 Å². The number of hydrogen-bond acceptors (Lipinski definition) is 3. The van der Waals surface area contributed by atoms with Gasteiger partial charge in [0.05, 0.1) is 5.02 Å². The fourth-order valence-electron chi connectivity index (χ4n) is 3.81. The Hall–Kier alpha value is -3.45. The van der Waals surface area contributed by atoms with E-state index in [0.29, 0.717) is 5.56 Å². The van der Waals surface area contributed by atoms with Gasteiger partial charge in [0.15, 0.2) is 0 Å². The second-order valence-electron chi connectivity index (χ2n) is 7.35. The fraction of sp³-hybridized carbons (Fsp3) is 0.160. The summed E-state index contributed by atoms with van der Waals surface area (Å²) in [6, 6.07) is 20.0. The van der Waals surface area contributed by atoms with Crippen molar-refractivity contribution in [3.05, 3.63) is 94.5 Å². The molecule has 0 radical (unpaired) electrons. The Balaban J connectivity index is 1.29. The molecule has 3 aromatic carbocycles. The molecule has 1 aliphatic carbocycles. The quantitative estimate of drug-likeness (QED) is 0.428. The first kappa shape index (κ1) is 22.7. The van der Waals surface area contributed by atoms with Gasteiger partial charge in [-0.25, -0.2) is 4.79 Å². The Morgan fingerprint density at radius 3 is 2.24 bits per heavy atom. The highest BCUT2D eigenvalue weighted by atomic mass is 35.5. The zero-order chi connectivity index (χ0) is 23.4. The molecule has 1 aliphatic rings. The molecule has 33 heavy (non-hydrogen) atoms. The molecule has 0 saturated carbocycles. The van der Waals surface area contributed by atoms with Crippen LogP contribution in [0.1, 0.15) is 22.6 Å². The van der Waals surface area contributed by atoms with Crippen LogP contribution in [0.3, 0.4) is 0 Å². The molecule has 0 heterocycles. The first-order valence-electron chi connectivity index (χ1n) is 10.1. The second kappa shape index (κ2) is 9.58. The van der Waals surface area contributed by atoms with Crippen LogP contribution in [0.2, 0.25) is 5.02 Å². The Kier molecular flexibility index (Phi) is 6.60. The van der Waals surface area contributed by atoms with Crippen molar-refractivity contribution in [3.63, 3.8) is 0 Å². The lowest BCUT2D eigenvalue weighted by Gasteiger charge is -2.14. The maximum absolute atomic E-state index is 12.3. The van der Waals surface area contributed by atoms with E-state index in [-0.39, 0.29) is 24.1 Å². The SMILES string of the molecule is O=C(NCC=Cc1ccc(OC(F)(F)F)c(Cl)c1)OCC1c2ccccc2-c2ccccc21. The summed E-state index contributed by atoms with van der Waals surface area (Å²) < 4.78 is 46.2. The summed E-state index contributed by atoms with van der Waals surface area (Å²) in [7, 11) is 0. The van der Waals surface area contributed by atoms with Gasteiger partial charge in [0.1, 0.15) is 12.4 Å². The van der Waals surface area contributed by atoms with Crippen LogP contribution in [0, 0.1) is 0 Å². The summed E-state index contributed by atoms with van der Waals surface area (Å²) in [6.07, 6.45) is -2.12. The molecular formula is C25H19ClF3NO3. The molecule has 0 atom stereocenters. The first-order valence-corrected chi connectivity index (χ1v) is 10.5. The molecule has 0 fully saturated rings. The third-order valence-electron chi connectivity index (χ3n) is 5.20. The average molecular weight is 474 g/mol. The fourth-order valence-corrected chi connectivity index (χ4v) is 4.04. The molecule has 0 saturated heterocycles. The van der Waals surface area contributed by atoms with Crippen LogP contribution in [-0.2, 0) is 4.74 Å². The molecule has 0 bridgehead atoms. The zero-order valence-electron chi connectivity index (χ0n) is 17.2. The van der Waals surface area contributed by atoms with E-state index in [1.165, 1.54) is 12.1 Å². The van der Waals surface area contributed by atoms with Crippen molar-refractivity contribution in [3.8, 4) is 16.9 Å². The summed E-state index contributed by atoms with van der Waals surface area (Å²) in [6.45, 7) is 0.384. The molecule has 0 aromatic heterocycles. The Labute approximate surface area is 193 Å². The van der Waals surface area contributed by atoms with Crippen molar-refractivity contribution >= 4 is 23.8 Å². The van der Waals surface area contributed by atoms with Crippen molar-refractivity contribution in [2.45, 2.75) is 12.3 Å². The average Bonchev–Trinajstić information content (AvgIpc) is 3.10. The van der Waals surface area contributed by atoms with Gasteiger partial charge in [-0.2, -0.15) is 0 Å². The lowest BCUT2D eigenvalue weighted by Crippen LogP contribution is -2.26. The number of carbonyl (C=O) groups excluding carboxylic acids is 1. The summed E-state index contributed by atoms with van der Waals surface area (Å²) in [5.41, 5.74) is 5.11. The molecule has 4 nitrogen and oxygen atoms in total. The van der Waals surface area contributed by atoms with Crippen molar-refractivity contribution in [1.29, 1.82) is 0 Å². The van der Waals surface area contributed by atoms with Crippen LogP contribution in [-0.4, -0.2) is 25.6 Å². The van der Waals surface area contributed by atoms with Crippen LogP contribution in [0.25, 0.3) is 17.2 Å². The largest absolute Gasteiger partial charge is 0.573 e. The summed E-state index contributed by atoms with van der Waals surface area (Å²) in [4.78, 5) is 12.2. The zero-order valence-corrected chi connectivity index (χ0v) is 18.0. The standard InChI is InChI=1S/C25H19ClF3NO3/c26-22-14-16(11-12-23(22)33-25(27,28)29)6-5-13-30-24(31)32-15-21-19-9-3-1-7-17(19)18-8-2-4-10-20(18)21/h1-12,14,21H,13,15H2,(H,30,31). The Morgan fingerprint density at radius 1 is 1.00 bits per heavy atom. The van der Waals surface area contributed by atoms with E-state index in [1.54, 1.807) is 12.2 Å². The number of benzene rings is 3. The molecule has 4 rings (SSSR count). The van der Waals surface area contributed by atoms with Crippen LogP contribution in [0.15, 0.2) is 72.8 Å². The van der Waals surface area contributed by atoms with E-state index in [0.717, 1.165) is 28.3 Å². The van der Waals surface area contributed by atoms with Gasteiger partial charge in [-0.3, -0.25) is 0 Å². The second-order valence-corrected chi connectivity index (χ2v) is 7.75. The number of halogens is 4. The number of alkyl carbamates (subject to hydrolysis) is 1. The minimum absolute atomic E-state index is 0.0294. The third-order valence-corrected chi connectivity index (χ3v) is 5.50. The molecule has 0 aliphatic heterocycles. The first-order chi connectivity index (χ1) is 15.8. The highest BCUT2D eigenvalue weighted by molar-refractivity contribution is 6.32. The van der Waals surface area contributed by atoms with Crippen LogP contribution < -0.4 is 10.1 Å². The van der Waals surface area contributed by atoms with Crippen molar-refractivity contribution in [1.82, 2.24) is 5.32 Å². The maximum Gasteiger partial charge on any atom is 0.573 e. The molecule has 3 aromatic rings. The summed E-state index contributed by atoms with van der Waals surface area (Å²) in [5.74, 6) is -0.503. The number of hydrogen-bond donors (Lipinski definition) is 1. The Bertz CT molecular complexity index is 1150. The van der Waals surface area contributed by atoms with Crippen LogP contribution in [0.4, 0.5) is 18.0 Å². The molecule has 0 unspecified atom stereocenters. The number of nitrogens with one attached hydrogen (secondary N) is 1. The molecule has 170 valence electrons. The van der Waals surface area contributed by atoms with Gasteiger partial charge < -0.3 is 14.8 Å². The van der Waals surface area contributed by atoms with E-state index in [2.05, 4.69) is 22.2 Å². The van der Waals surface area contributed by atoms with E-state index < -0.39 is 18.2 Å². The Morgan fingerprint density at radius 2 is 1.64 bits per heavy atom. The number of fused-ring (bicyclic) bond motifs is 3. The number of alkyl halides is 3. The molecule has 1 N–H and O–H groups in total. The highest BCUT2D eigenvalue weighted by Gasteiger charge is 2.32. The van der Waals surface area contributed by atoms with E-state index in [9.17, 15) is 18.0 Å². The lowest BCUT2D eigenvalue weighted by atomic mass is 9.98. The van der Waals surface area contributed by atoms with Crippen molar-refractivity contribution in [2.24, 2.45) is 0 Å². The van der Waals surface area contributed by atoms with Crippen LogP contribution >= 0.6 is 11.6 Å². The predicted octanol–water partition coefficient (Wildman–Crippen LogP) is 6.79. The summed E-state index contributed by atoms with van der Waals surface area (Å²) in [5, 5.41) is 2.46. The van der Waals surface area contributed by atoms with Gasteiger partial charge in [0, 0.05) is 12.5 Å². The summed E-state index contributed by atoms with van der Waals surface area (Å²) >= 11 is 5.83. The minimum atomic E-state index is -4.81. The third kappa shape index (κ3) is 5.49. The highest BCUT2D eigenvalue weighted by Crippen LogP contribution is 2.44. The van der Waals surface area contributed by atoms with E-state index >= 15 is 0 Å². The van der Waals surface area contributed by atoms with Gasteiger partial charge in [-0.1, -0.05) is 78.4 Å². The predicted molar refractivity (Wildman–Crippen MR) is 120 cm³/mol. The topological polar surface area (TPSA) is 47.6 Å².